The monoisotopic (exact) mass is 277 g/mol. The Morgan fingerprint density at radius 3 is 2.75 bits per heavy atom. The Labute approximate surface area is 122 Å². The van der Waals surface area contributed by atoms with E-state index in [-0.39, 0.29) is 0 Å². The molecule has 0 aliphatic heterocycles. The summed E-state index contributed by atoms with van der Waals surface area (Å²) in [5, 5.41) is 13.4. The number of aliphatic hydroxyl groups is 1. The summed E-state index contributed by atoms with van der Waals surface area (Å²) < 4.78 is 5.62. The van der Waals surface area contributed by atoms with Gasteiger partial charge >= 0.3 is 0 Å². The normalized spacial score (nSPS) is 24.4. The number of nitrogens with one attached hydrogen (secondary N) is 1. The Hall–Kier alpha value is -1.06. The molecule has 0 aromatic heterocycles. The van der Waals surface area contributed by atoms with Crippen LogP contribution in [0.25, 0.3) is 0 Å². The summed E-state index contributed by atoms with van der Waals surface area (Å²) >= 11 is 0. The highest BCUT2D eigenvalue weighted by molar-refractivity contribution is 5.27. The molecule has 0 heterocycles. The minimum Gasteiger partial charge on any atom is -0.491 e. The van der Waals surface area contributed by atoms with Gasteiger partial charge in [-0.2, -0.15) is 0 Å². The van der Waals surface area contributed by atoms with E-state index >= 15 is 0 Å². The van der Waals surface area contributed by atoms with Crippen LogP contribution in [-0.4, -0.2) is 30.4 Å². The quantitative estimate of drug-likeness (QED) is 0.840. The molecule has 3 nitrogen and oxygen atoms in total. The van der Waals surface area contributed by atoms with Crippen molar-refractivity contribution in [2.24, 2.45) is 5.92 Å². The fourth-order valence-electron chi connectivity index (χ4n) is 2.72. The molecule has 112 valence electrons. The van der Waals surface area contributed by atoms with Crippen LogP contribution in [0.1, 0.15) is 38.2 Å². The van der Waals surface area contributed by atoms with E-state index in [1.165, 1.54) is 31.2 Å². The molecule has 1 aromatic rings. The lowest BCUT2D eigenvalue weighted by Gasteiger charge is -2.27. The lowest BCUT2D eigenvalue weighted by Crippen LogP contribution is -2.39. The summed E-state index contributed by atoms with van der Waals surface area (Å²) in [4.78, 5) is 0. The van der Waals surface area contributed by atoms with Crippen LogP contribution in [0.4, 0.5) is 0 Å². The molecule has 1 unspecified atom stereocenters. The van der Waals surface area contributed by atoms with E-state index in [0.29, 0.717) is 19.2 Å². The van der Waals surface area contributed by atoms with E-state index in [9.17, 15) is 5.11 Å². The van der Waals surface area contributed by atoms with Crippen LogP contribution in [0.5, 0.6) is 5.75 Å². The first kappa shape index (κ1) is 15.3. The number of aliphatic hydroxyl groups excluding tert-OH is 1. The second-order valence-electron chi connectivity index (χ2n) is 6.15. The zero-order chi connectivity index (χ0) is 14.4. The van der Waals surface area contributed by atoms with Gasteiger partial charge in [0.2, 0.25) is 0 Å². The van der Waals surface area contributed by atoms with Crippen molar-refractivity contribution in [2.75, 3.05) is 13.2 Å². The van der Waals surface area contributed by atoms with Gasteiger partial charge in [0.15, 0.2) is 0 Å². The average Bonchev–Trinajstić information content (AvgIpc) is 2.45. The molecule has 0 bridgehead atoms. The zero-order valence-corrected chi connectivity index (χ0v) is 12.6. The molecular weight excluding hydrogens is 250 g/mol. The van der Waals surface area contributed by atoms with Crippen molar-refractivity contribution in [1.82, 2.24) is 5.32 Å². The van der Waals surface area contributed by atoms with E-state index in [2.05, 4.69) is 12.2 Å². The molecule has 1 atom stereocenters. The molecule has 1 aliphatic rings. The van der Waals surface area contributed by atoms with Gasteiger partial charge in [-0.05, 0) is 56.2 Å². The third-order valence-electron chi connectivity index (χ3n) is 4.09. The van der Waals surface area contributed by atoms with Crippen molar-refractivity contribution >= 4 is 0 Å². The molecule has 20 heavy (non-hydrogen) atoms. The van der Waals surface area contributed by atoms with Crippen LogP contribution in [-0.2, 0) is 0 Å². The summed E-state index contributed by atoms with van der Waals surface area (Å²) in [5.41, 5.74) is 1.17. The van der Waals surface area contributed by atoms with Gasteiger partial charge in [-0.25, -0.2) is 0 Å². The number of benzene rings is 1. The van der Waals surface area contributed by atoms with Crippen molar-refractivity contribution < 1.29 is 9.84 Å². The summed E-state index contributed by atoms with van der Waals surface area (Å²) in [5.74, 6) is 1.69. The molecule has 3 heteroatoms. The molecule has 1 aromatic carbocycles. The van der Waals surface area contributed by atoms with E-state index in [0.717, 1.165) is 11.7 Å². The molecule has 0 radical (unpaired) electrons. The number of hydrogen-bond acceptors (Lipinski definition) is 3. The number of aryl methyl sites for hydroxylation is 1. The molecular formula is C17H27NO2. The largest absolute Gasteiger partial charge is 0.491 e. The smallest absolute Gasteiger partial charge is 0.119 e. The first-order valence-electron chi connectivity index (χ1n) is 7.74. The maximum atomic E-state index is 9.97. The van der Waals surface area contributed by atoms with Gasteiger partial charge in [0.1, 0.15) is 18.5 Å². The second kappa shape index (κ2) is 7.65. The number of rotatable bonds is 6. The fourth-order valence-corrected chi connectivity index (χ4v) is 2.72. The average molecular weight is 277 g/mol. The van der Waals surface area contributed by atoms with Crippen LogP contribution >= 0.6 is 0 Å². The van der Waals surface area contributed by atoms with Gasteiger partial charge in [0, 0.05) is 12.6 Å². The Bertz CT molecular complexity index is 400. The summed E-state index contributed by atoms with van der Waals surface area (Å²) in [6.45, 7) is 5.32. The first-order chi connectivity index (χ1) is 9.63. The van der Waals surface area contributed by atoms with E-state index < -0.39 is 6.10 Å². The maximum Gasteiger partial charge on any atom is 0.119 e. The standard InChI is InChI=1S/C17H27NO2/c1-13-6-8-15(9-7-13)18-11-16(19)12-20-17-5-3-4-14(2)10-17/h3-5,10,13,15-16,18-19H,6-9,11-12H2,1-2H3. The molecule has 1 aliphatic carbocycles. The highest BCUT2D eigenvalue weighted by Crippen LogP contribution is 2.23. The van der Waals surface area contributed by atoms with Crippen LogP contribution in [0.15, 0.2) is 24.3 Å². The molecule has 0 saturated heterocycles. The predicted molar refractivity (Wildman–Crippen MR) is 82.1 cm³/mol. The highest BCUT2D eigenvalue weighted by Gasteiger charge is 2.18. The summed E-state index contributed by atoms with van der Waals surface area (Å²) in [6, 6.07) is 8.49. The molecule has 1 saturated carbocycles. The van der Waals surface area contributed by atoms with Gasteiger partial charge < -0.3 is 15.2 Å². The van der Waals surface area contributed by atoms with Crippen molar-refractivity contribution in [3.63, 3.8) is 0 Å². The molecule has 2 rings (SSSR count). The third kappa shape index (κ3) is 5.14. The SMILES string of the molecule is Cc1cccc(OCC(O)CNC2CCC(C)CC2)c1. The Kier molecular flexibility index (Phi) is 5.86. The van der Waals surface area contributed by atoms with Gasteiger partial charge in [-0.3, -0.25) is 0 Å². The van der Waals surface area contributed by atoms with Crippen molar-refractivity contribution in [2.45, 2.75) is 51.7 Å². The Morgan fingerprint density at radius 2 is 2.05 bits per heavy atom. The van der Waals surface area contributed by atoms with Crippen LogP contribution in [0.3, 0.4) is 0 Å². The molecule has 0 spiro atoms. The minimum atomic E-state index is -0.449. The fraction of sp³-hybridized carbons (Fsp3) is 0.647. The molecule has 1 fully saturated rings. The molecule has 2 N–H and O–H groups in total. The summed E-state index contributed by atoms with van der Waals surface area (Å²) in [6.07, 6.45) is 4.61. The van der Waals surface area contributed by atoms with Gasteiger partial charge in [-0.15, -0.1) is 0 Å². The van der Waals surface area contributed by atoms with Crippen molar-refractivity contribution in [1.29, 1.82) is 0 Å². The van der Waals surface area contributed by atoms with E-state index in [1.54, 1.807) is 0 Å². The maximum absolute atomic E-state index is 9.97. The lowest BCUT2D eigenvalue weighted by atomic mass is 9.87. The van der Waals surface area contributed by atoms with E-state index in [4.69, 9.17) is 4.74 Å². The van der Waals surface area contributed by atoms with Gasteiger partial charge in [0.05, 0.1) is 0 Å². The third-order valence-corrected chi connectivity index (χ3v) is 4.09. The Morgan fingerprint density at radius 1 is 1.30 bits per heavy atom. The Balaban J connectivity index is 1.64. The number of hydrogen-bond donors (Lipinski definition) is 2. The first-order valence-corrected chi connectivity index (χ1v) is 7.74. The van der Waals surface area contributed by atoms with Crippen molar-refractivity contribution in [3.8, 4) is 5.75 Å². The zero-order valence-electron chi connectivity index (χ0n) is 12.6. The second-order valence-corrected chi connectivity index (χ2v) is 6.15. The number of ether oxygens (including phenoxy) is 1. The highest BCUT2D eigenvalue weighted by atomic mass is 16.5. The predicted octanol–water partition coefficient (Wildman–Crippen LogP) is 2.90. The molecule has 0 amide bonds. The van der Waals surface area contributed by atoms with Crippen LogP contribution in [0, 0.1) is 12.8 Å². The lowest BCUT2D eigenvalue weighted by molar-refractivity contribution is 0.101. The van der Waals surface area contributed by atoms with Crippen LogP contribution in [0.2, 0.25) is 0 Å². The minimum absolute atomic E-state index is 0.347. The van der Waals surface area contributed by atoms with Crippen molar-refractivity contribution in [3.05, 3.63) is 29.8 Å². The van der Waals surface area contributed by atoms with Gasteiger partial charge in [-0.1, -0.05) is 19.1 Å². The summed E-state index contributed by atoms with van der Waals surface area (Å²) in [7, 11) is 0. The van der Waals surface area contributed by atoms with E-state index in [1.807, 2.05) is 31.2 Å². The topological polar surface area (TPSA) is 41.5 Å². The van der Waals surface area contributed by atoms with Crippen LogP contribution < -0.4 is 10.1 Å². The van der Waals surface area contributed by atoms with Gasteiger partial charge in [0.25, 0.3) is 0 Å².